The first-order chi connectivity index (χ1) is 10.1. The molecule has 0 unspecified atom stereocenters. The van der Waals surface area contributed by atoms with E-state index in [0.717, 1.165) is 17.0 Å². The van der Waals surface area contributed by atoms with Crippen LogP contribution in [-0.4, -0.2) is 28.9 Å². The van der Waals surface area contributed by atoms with E-state index in [2.05, 4.69) is 10.4 Å². The molecule has 112 valence electrons. The lowest BCUT2D eigenvalue weighted by Crippen LogP contribution is -2.48. The zero-order valence-corrected chi connectivity index (χ0v) is 11.7. The van der Waals surface area contributed by atoms with E-state index in [-0.39, 0.29) is 18.9 Å². The predicted octanol–water partition coefficient (Wildman–Crippen LogP) is 2.77. The number of benzene rings is 1. The van der Waals surface area contributed by atoms with Crippen molar-refractivity contribution in [1.29, 1.82) is 0 Å². The third-order valence-electron chi connectivity index (χ3n) is 3.66. The van der Waals surface area contributed by atoms with E-state index in [9.17, 15) is 8.78 Å². The quantitative estimate of drug-likeness (QED) is 0.921. The minimum atomic E-state index is -2.48. The van der Waals surface area contributed by atoms with Crippen LogP contribution in [0.2, 0.25) is 0 Å². The summed E-state index contributed by atoms with van der Waals surface area (Å²) in [5.74, 6) is -1.69. The first-order valence-electron chi connectivity index (χ1n) is 6.85. The molecule has 1 N–H and O–H groups in total. The highest BCUT2D eigenvalue weighted by atomic mass is 19.3. The number of nitrogens with zero attached hydrogens (tertiary/aromatic N) is 2. The molecule has 0 radical (unpaired) electrons. The number of methoxy groups -OCH3 is 1. The average Bonchev–Trinajstić information content (AvgIpc) is 2.92. The summed E-state index contributed by atoms with van der Waals surface area (Å²) in [6.45, 7) is 0.552. The van der Waals surface area contributed by atoms with Gasteiger partial charge in [-0.15, -0.1) is 0 Å². The van der Waals surface area contributed by atoms with Gasteiger partial charge in [-0.25, -0.2) is 13.5 Å². The Kier molecular flexibility index (Phi) is 3.63. The first kappa shape index (κ1) is 14.0. The number of hydrogen-bond donors (Lipinski definition) is 1. The molecular weight excluding hydrogens is 276 g/mol. The van der Waals surface area contributed by atoms with E-state index < -0.39 is 5.92 Å². The highest BCUT2D eigenvalue weighted by molar-refractivity contribution is 5.37. The molecular formula is C15H17F2N3O. The van der Waals surface area contributed by atoms with Crippen molar-refractivity contribution in [2.75, 3.05) is 7.11 Å². The Morgan fingerprint density at radius 2 is 2.05 bits per heavy atom. The zero-order valence-electron chi connectivity index (χ0n) is 11.7. The lowest BCUT2D eigenvalue weighted by molar-refractivity contribution is -0.0930. The number of rotatable bonds is 5. The maximum absolute atomic E-state index is 12.7. The summed E-state index contributed by atoms with van der Waals surface area (Å²) < 4.78 is 32.3. The largest absolute Gasteiger partial charge is 0.497 e. The minimum absolute atomic E-state index is 0.0698. The Labute approximate surface area is 121 Å². The van der Waals surface area contributed by atoms with Gasteiger partial charge in [0.05, 0.1) is 19.0 Å². The van der Waals surface area contributed by atoms with Crippen molar-refractivity contribution in [1.82, 2.24) is 15.1 Å². The van der Waals surface area contributed by atoms with Crippen LogP contribution in [0.4, 0.5) is 8.78 Å². The standard InChI is InChI=1S/C15H17F2N3O/c1-21-14-4-2-13(3-5-14)20-10-11(9-19-20)8-18-12-6-15(16,17)7-12/h2-5,9-10,12,18H,6-8H2,1H3. The van der Waals surface area contributed by atoms with E-state index in [1.54, 1.807) is 18.0 Å². The molecule has 0 spiro atoms. The third-order valence-corrected chi connectivity index (χ3v) is 3.66. The van der Waals surface area contributed by atoms with Crippen molar-refractivity contribution in [3.8, 4) is 11.4 Å². The Morgan fingerprint density at radius 1 is 1.33 bits per heavy atom. The van der Waals surface area contributed by atoms with Gasteiger partial charge < -0.3 is 10.1 Å². The fourth-order valence-corrected chi connectivity index (χ4v) is 2.40. The van der Waals surface area contributed by atoms with Crippen LogP contribution in [0.3, 0.4) is 0 Å². The van der Waals surface area contributed by atoms with E-state index in [4.69, 9.17) is 4.74 Å². The van der Waals surface area contributed by atoms with E-state index >= 15 is 0 Å². The van der Waals surface area contributed by atoms with Crippen LogP contribution in [0, 0.1) is 0 Å². The van der Waals surface area contributed by atoms with Gasteiger partial charge in [-0.3, -0.25) is 0 Å². The molecule has 21 heavy (non-hydrogen) atoms. The lowest BCUT2D eigenvalue weighted by Gasteiger charge is -2.35. The smallest absolute Gasteiger partial charge is 0.251 e. The number of halogens is 2. The SMILES string of the molecule is COc1ccc(-n2cc(CNC3CC(F)(F)C3)cn2)cc1. The molecule has 4 nitrogen and oxygen atoms in total. The molecule has 0 bridgehead atoms. The van der Waals surface area contributed by atoms with Crippen LogP contribution in [-0.2, 0) is 6.54 Å². The van der Waals surface area contributed by atoms with E-state index in [1.807, 2.05) is 30.5 Å². The predicted molar refractivity (Wildman–Crippen MR) is 74.9 cm³/mol. The fourth-order valence-electron chi connectivity index (χ4n) is 2.40. The van der Waals surface area contributed by atoms with Gasteiger partial charge in [0, 0.05) is 37.2 Å². The normalized spacial score (nSPS) is 17.5. The van der Waals surface area contributed by atoms with Gasteiger partial charge in [0.15, 0.2) is 0 Å². The zero-order chi connectivity index (χ0) is 14.9. The Morgan fingerprint density at radius 3 is 2.67 bits per heavy atom. The number of aromatic nitrogens is 2. The second kappa shape index (κ2) is 5.44. The molecule has 1 heterocycles. The summed E-state index contributed by atoms with van der Waals surface area (Å²) in [5, 5.41) is 7.40. The van der Waals surface area contributed by atoms with Crippen molar-refractivity contribution in [2.45, 2.75) is 31.4 Å². The van der Waals surface area contributed by atoms with Gasteiger partial charge in [-0.05, 0) is 24.3 Å². The average molecular weight is 293 g/mol. The molecule has 1 saturated carbocycles. The summed E-state index contributed by atoms with van der Waals surface area (Å²) in [6.07, 6.45) is 3.50. The van der Waals surface area contributed by atoms with Crippen molar-refractivity contribution in [2.24, 2.45) is 0 Å². The molecule has 1 aromatic carbocycles. The number of hydrogen-bond acceptors (Lipinski definition) is 3. The molecule has 0 atom stereocenters. The van der Waals surface area contributed by atoms with Gasteiger partial charge in [-0.2, -0.15) is 5.10 Å². The Balaban J connectivity index is 1.58. The monoisotopic (exact) mass is 293 g/mol. The van der Waals surface area contributed by atoms with Crippen LogP contribution in [0.15, 0.2) is 36.7 Å². The van der Waals surface area contributed by atoms with E-state index in [0.29, 0.717) is 6.54 Å². The Bertz CT molecular complexity index is 602. The summed E-state index contributed by atoms with van der Waals surface area (Å²) in [6, 6.07) is 7.46. The lowest BCUT2D eigenvalue weighted by atomic mass is 9.88. The van der Waals surface area contributed by atoms with Gasteiger partial charge in [0.1, 0.15) is 5.75 Å². The molecule has 0 aliphatic heterocycles. The molecule has 1 fully saturated rings. The topological polar surface area (TPSA) is 39.1 Å². The summed E-state index contributed by atoms with van der Waals surface area (Å²) in [5.41, 5.74) is 1.90. The fraction of sp³-hybridized carbons (Fsp3) is 0.400. The second-order valence-electron chi connectivity index (χ2n) is 5.33. The molecule has 0 amide bonds. The van der Waals surface area contributed by atoms with Gasteiger partial charge in [0.25, 0.3) is 5.92 Å². The highest BCUT2D eigenvalue weighted by Gasteiger charge is 2.44. The third kappa shape index (κ3) is 3.21. The van der Waals surface area contributed by atoms with Crippen LogP contribution < -0.4 is 10.1 Å². The van der Waals surface area contributed by atoms with E-state index in [1.165, 1.54) is 0 Å². The van der Waals surface area contributed by atoms with Crippen LogP contribution in [0.1, 0.15) is 18.4 Å². The molecule has 1 aliphatic rings. The minimum Gasteiger partial charge on any atom is -0.497 e. The van der Waals surface area contributed by atoms with Crippen LogP contribution >= 0.6 is 0 Å². The van der Waals surface area contributed by atoms with Gasteiger partial charge >= 0.3 is 0 Å². The molecule has 1 aliphatic carbocycles. The maximum Gasteiger partial charge on any atom is 0.251 e. The van der Waals surface area contributed by atoms with Crippen molar-refractivity contribution < 1.29 is 13.5 Å². The van der Waals surface area contributed by atoms with Gasteiger partial charge in [-0.1, -0.05) is 0 Å². The van der Waals surface area contributed by atoms with Crippen molar-refractivity contribution >= 4 is 0 Å². The molecule has 0 saturated heterocycles. The second-order valence-corrected chi connectivity index (χ2v) is 5.33. The summed E-state index contributed by atoms with van der Waals surface area (Å²) in [4.78, 5) is 0. The summed E-state index contributed by atoms with van der Waals surface area (Å²) >= 11 is 0. The van der Waals surface area contributed by atoms with Crippen molar-refractivity contribution in [3.63, 3.8) is 0 Å². The van der Waals surface area contributed by atoms with Crippen LogP contribution in [0.25, 0.3) is 5.69 Å². The van der Waals surface area contributed by atoms with Gasteiger partial charge in [0.2, 0.25) is 0 Å². The van der Waals surface area contributed by atoms with Crippen molar-refractivity contribution in [3.05, 3.63) is 42.2 Å². The molecule has 1 aromatic heterocycles. The highest BCUT2D eigenvalue weighted by Crippen LogP contribution is 2.37. The molecule has 3 rings (SSSR count). The molecule has 2 aromatic rings. The first-order valence-corrected chi connectivity index (χ1v) is 6.85. The summed E-state index contributed by atoms with van der Waals surface area (Å²) in [7, 11) is 1.62. The Hall–Kier alpha value is -1.95. The maximum atomic E-state index is 12.7. The number of nitrogens with one attached hydrogen (secondary N) is 1. The molecule has 6 heteroatoms. The van der Waals surface area contributed by atoms with Crippen LogP contribution in [0.5, 0.6) is 5.75 Å². The number of alkyl halides is 2. The number of ether oxygens (including phenoxy) is 1.